The summed E-state index contributed by atoms with van der Waals surface area (Å²) in [5.74, 6) is 0.737. The van der Waals surface area contributed by atoms with Crippen LogP contribution in [-0.2, 0) is 11.3 Å². The Morgan fingerprint density at radius 2 is 2.10 bits per heavy atom. The zero-order chi connectivity index (χ0) is 14.7. The molecule has 1 aliphatic rings. The molecule has 1 fully saturated rings. The Bertz CT molecular complexity index is 584. The van der Waals surface area contributed by atoms with Gasteiger partial charge < -0.3 is 10.5 Å². The number of benzene rings is 1. The lowest BCUT2D eigenvalue weighted by Gasteiger charge is -2.11. The monoisotopic (exact) mass is 287 g/mol. The molecular formula is C15H21N5O. The van der Waals surface area contributed by atoms with Crippen LogP contribution in [0.2, 0.25) is 0 Å². The molecule has 0 amide bonds. The number of aromatic nitrogens is 4. The molecule has 0 atom stereocenters. The summed E-state index contributed by atoms with van der Waals surface area (Å²) in [5, 5.41) is 11.9. The van der Waals surface area contributed by atoms with E-state index in [0.29, 0.717) is 19.3 Å². The zero-order valence-electron chi connectivity index (χ0n) is 12.3. The van der Waals surface area contributed by atoms with Crippen molar-refractivity contribution in [2.24, 2.45) is 0 Å². The number of ether oxygens (including phenoxy) is 1. The van der Waals surface area contributed by atoms with Crippen LogP contribution in [0, 0.1) is 6.92 Å². The van der Waals surface area contributed by atoms with E-state index in [2.05, 4.69) is 15.5 Å². The van der Waals surface area contributed by atoms with Gasteiger partial charge in [0.2, 0.25) is 0 Å². The van der Waals surface area contributed by atoms with Gasteiger partial charge in [0.05, 0.1) is 19.3 Å². The molecule has 0 bridgehead atoms. The SMILES string of the molecule is Cc1cc(N)cc(-c2nnnn2CCOC2CCCC2)c1. The molecule has 0 radical (unpaired) electrons. The van der Waals surface area contributed by atoms with Gasteiger partial charge in [-0.05, 0) is 54.0 Å². The van der Waals surface area contributed by atoms with Crippen LogP contribution in [0.1, 0.15) is 31.2 Å². The third-order valence-corrected chi connectivity index (χ3v) is 3.85. The third kappa shape index (κ3) is 3.39. The van der Waals surface area contributed by atoms with Crippen LogP contribution in [0.15, 0.2) is 18.2 Å². The number of aryl methyl sites for hydroxylation is 1. The fraction of sp³-hybridized carbons (Fsp3) is 0.533. The smallest absolute Gasteiger partial charge is 0.182 e. The predicted octanol–water partition coefficient (Wildman–Crippen LogP) is 2.19. The van der Waals surface area contributed by atoms with Crippen molar-refractivity contribution in [3.05, 3.63) is 23.8 Å². The highest BCUT2D eigenvalue weighted by molar-refractivity contribution is 5.62. The number of anilines is 1. The zero-order valence-corrected chi connectivity index (χ0v) is 12.3. The van der Waals surface area contributed by atoms with E-state index in [9.17, 15) is 0 Å². The Hall–Kier alpha value is -1.95. The molecule has 1 aliphatic carbocycles. The van der Waals surface area contributed by atoms with E-state index < -0.39 is 0 Å². The minimum Gasteiger partial charge on any atom is -0.399 e. The van der Waals surface area contributed by atoms with Crippen LogP contribution >= 0.6 is 0 Å². The molecule has 6 nitrogen and oxygen atoms in total. The van der Waals surface area contributed by atoms with Crippen LogP contribution in [-0.4, -0.2) is 32.9 Å². The molecule has 0 aliphatic heterocycles. The maximum absolute atomic E-state index is 5.90. The van der Waals surface area contributed by atoms with Gasteiger partial charge in [-0.2, -0.15) is 0 Å². The molecule has 1 heterocycles. The molecule has 6 heteroatoms. The molecule has 0 saturated heterocycles. The topological polar surface area (TPSA) is 78.9 Å². The fourth-order valence-corrected chi connectivity index (χ4v) is 2.86. The van der Waals surface area contributed by atoms with E-state index in [0.717, 1.165) is 22.6 Å². The summed E-state index contributed by atoms with van der Waals surface area (Å²) in [6, 6.07) is 5.87. The molecule has 21 heavy (non-hydrogen) atoms. The summed E-state index contributed by atoms with van der Waals surface area (Å²) in [4.78, 5) is 0. The van der Waals surface area contributed by atoms with Gasteiger partial charge in [0.25, 0.3) is 0 Å². The van der Waals surface area contributed by atoms with Crippen molar-refractivity contribution in [3.63, 3.8) is 0 Å². The number of rotatable bonds is 5. The van der Waals surface area contributed by atoms with E-state index in [4.69, 9.17) is 10.5 Å². The van der Waals surface area contributed by atoms with Gasteiger partial charge in [-0.1, -0.05) is 12.8 Å². The first-order valence-electron chi connectivity index (χ1n) is 7.48. The average Bonchev–Trinajstić information content (AvgIpc) is 3.08. The van der Waals surface area contributed by atoms with Crippen molar-refractivity contribution in [3.8, 4) is 11.4 Å². The summed E-state index contributed by atoms with van der Waals surface area (Å²) in [7, 11) is 0. The number of nitrogen functional groups attached to an aromatic ring is 1. The fourth-order valence-electron chi connectivity index (χ4n) is 2.86. The number of nitrogens with two attached hydrogens (primary N) is 1. The molecule has 112 valence electrons. The summed E-state index contributed by atoms with van der Waals surface area (Å²) in [6.45, 7) is 3.31. The predicted molar refractivity (Wildman–Crippen MR) is 80.6 cm³/mol. The van der Waals surface area contributed by atoms with Gasteiger partial charge in [0.1, 0.15) is 0 Å². The van der Waals surface area contributed by atoms with E-state index in [1.165, 1.54) is 25.7 Å². The molecule has 0 unspecified atom stereocenters. The van der Waals surface area contributed by atoms with E-state index in [1.807, 2.05) is 25.1 Å². The van der Waals surface area contributed by atoms with Gasteiger partial charge in [-0.15, -0.1) is 5.10 Å². The second kappa shape index (κ2) is 6.22. The van der Waals surface area contributed by atoms with E-state index in [1.54, 1.807) is 4.68 Å². The molecule has 2 N–H and O–H groups in total. The van der Waals surface area contributed by atoms with Crippen LogP contribution < -0.4 is 5.73 Å². The Morgan fingerprint density at radius 1 is 1.29 bits per heavy atom. The van der Waals surface area contributed by atoms with Crippen LogP contribution in [0.5, 0.6) is 0 Å². The molecule has 0 spiro atoms. The Balaban J connectivity index is 1.68. The third-order valence-electron chi connectivity index (χ3n) is 3.85. The minimum atomic E-state index is 0.416. The van der Waals surface area contributed by atoms with Crippen molar-refractivity contribution in [1.82, 2.24) is 20.2 Å². The van der Waals surface area contributed by atoms with Gasteiger partial charge in [0.15, 0.2) is 5.82 Å². The standard InChI is InChI=1S/C15H21N5O/c1-11-8-12(10-13(16)9-11)15-17-18-19-20(15)6-7-21-14-4-2-3-5-14/h8-10,14H,2-7,16H2,1H3. The van der Waals surface area contributed by atoms with E-state index >= 15 is 0 Å². The van der Waals surface area contributed by atoms with Crippen molar-refractivity contribution < 1.29 is 4.74 Å². The van der Waals surface area contributed by atoms with Crippen molar-refractivity contribution in [2.75, 3.05) is 12.3 Å². The number of nitrogens with zero attached hydrogens (tertiary/aromatic N) is 4. The maximum Gasteiger partial charge on any atom is 0.182 e. The first-order chi connectivity index (χ1) is 10.2. The molecule has 1 aromatic carbocycles. The highest BCUT2D eigenvalue weighted by Crippen LogP contribution is 2.22. The first kappa shape index (κ1) is 14.0. The van der Waals surface area contributed by atoms with E-state index in [-0.39, 0.29) is 0 Å². The molecule has 3 rings (SSSR count). The van der Waals surface area contributed by atoms with Crippen molar-refractivity contribution in [2.45, 2.75) is 45.3 Å². The average molecular weight is 287 g/mol. The quantitative estimate of drug-likeness (QED) is 0.853. The van der Waals surface area contributed by atoms with Crippen LogP contribution in [0.4, 0.5) is 5.69 Å². The molecule has 1 saturated carbocycles. The van der Waals surface area contributed by atoms with Crippen molar-refractivity contribution in [1.29, 1.82) is 0 Å². The Kier molecular flexibility index (Phi) is 4.15. The second-order valence-electron chi connectivity index (χ2n) is 5.64. The second-order valence-corrected chi connectivity index (χ2v) is 5.64. The first-order valence-corrected chi connectivity index (χ1v) is 7.48. The normalized spacial score (nSPS) is 15.7. The molecule has 1 aromatic heterocycles. The minimum absolute atomic E-state index is 0.416. The summed E-state index contributed by atoms with van der Waals surface area (Å²) in [5.41, 5.74) is 8.66. The lowest BCUT2D eigenvalue weighted by atomic mass is 10.1. The Labute approximate surface area is 124 Å². The molecular weight excluding hydrogens is 266 g/mol. The number of tetrazole rings is 1. The summed E-state index contributed by atoms with van der Waals surface area (Å²) >= 11 is 0. The Morgan fingerprint density at radius 3 is 2.86 bits per heavy atom. The van der Waals surface area contributed by atoms with Gasteiger partial charge in [0, 0.05) is 11.3 Å². The van der Waals surface area contributed by atoms with Gasteiger partial charge in [-0.25, -0.2) is 4.68 Å². The highest BCUT2D eigenvalue weighted by Gasteiger charge is 2.16. The lowest BCUT2D eigenvalue weighted by molar-refractivity contribution is 0.0514. The number of hydrogen-bond acceptors (Lipinski definition) is 5. The van der Waals surface area contributed by atoms with Crippen LogP contribution in [0.25, 0.3) is 11.4 Å². The molecule has 2 aromatic rings. The highest BCUT2D eigenvalue weighted by atomic mass is 16.5. The van der Waals surface area contributed by atoms with Gasteiger partial charge in [-0.3, -0.25) is 0 Å². The lowest BCUT2D eigenvalue weighted by Crippen LogP contribution is -2.14. The van der Waals surface area contributed by atoms with Crippen molar-refractivity contribution >= 4 is 5.69 Å². The van der Waals surface area contributed by atoms with Crippen LogP contribution in [0.3, 0.4) is 0 Å². The summed E-state index contributed by atoms with van der Waals surface area (Å²) < 4.78 is 7.65. The number of hydrogen-bond donors (Lipinski definition) is 1. The summed E-state index contributed by atoms with van der Waals surface area (Å²) in [6.07, 6.45) is 5.33. The van der Waals surface area contributed by atoms with Gasteiger partial charge >= 0.3 is 0 Å². The maximum atomic E-state index is 5.90. The largest absolute Gasteiger partial charge is 0.399 e.